The van der Waals surface area contributed by atoms with Gasteiger partial charge in [-0.25, -0.2) is 4.79 Å². The zero-order valence-electron chi connectivity index (χ0n) is 12.0. The Morgan fingerprint density at radius 1 is 1.24 bits per heavy atom. The van der Waals surface area contributed by atoms with E-state index < -0.39 is 5.97 Å². The highest BCUT2D eigenvalue weighted by Crippen LogP contribution is 2.29. The number of amides is 1. The molecule has 0 unspecified atom stereocenters. The van der Waals surface area contributed by atoms with E-state index in [-0.39, 0.29) is 5.91 Å². The lowest BCUT2D eigenvalue weighted by Crippen LogP contribution is -2.17. The van der Waals surface area contributed by atoms with Gasteiger partial charge in [0.05, 0.1) is 18.4 Å². The molecule has 1 amide bonds. The summed E-state index contributed by atoms with van der Waals surface area (Å²) in [4.78, 5) is 24.5. The van der Waals surface area contributed by atoms with Crippen molar-refractivity contribution in [2.45, 2.75) is 13.8 Å². The van der Waals surface area contributed by atoms with Crippen LogP contribution in [0.15, 0.2) is 23.6 Å². The van der Waals surface area contributed by atoms with Gasteiger partial charge in [-0.2, -0.15) is 0 Å². The minimum absolute atomic E-state index is 0.336. The average molecular weight is 304 g/mol. The number of thiophene rings is 1. The minimum atomic E-state index is -0.471. The molecule has 0 aliphatic rings. The second kappa shape index (κ2) is 5.97. The van der Waals surface area contributed by atoms with Crippen LogP contribution < -0.4 is 11.1 Å². The molecular weight excluding hydrogens is 288 g/mol. The van der Waals surface area contributed by atoms with Crippen LogP contribution >= 0.6 is 11.3 Å². The predicted molar refractivity (Wildman–Crippen MR) is 83.9 cm³/mol. The molecule has 0 saturated carbocycles. The molecular formula is C15H16N2O3S. The van der Waals surface area contributed by atoms with Gasteiger partial charge in [-0.15, -0.1) is 11.3 Å². The van der Waals surface area contributed by atoms with Crippen LogP contribution in [-0.4, -0.2) is 19.0 Å². The Hall–Kier alpha value is -2.34. The minimum Gasteiger partial charge on any atom is -0.465 e. The van der Waals surface area contributed by atoms with E-state index in [0.717, 1.165) is 11.1 Å². The molecule has 110 valence electrons. The van der Waals surface area contributed by atoms with E-state index in [0.29, 0.717) is 21.8 Å². The van der Waals surface area contributed by atoms with Gasteiger partial charge in [0.1, 0.15) is 4.88 Å². The van der Waals surface area contributed by atoms with Crippen molar-refractivity contribution >= 4 is 34.6 Å². The number of methoxy groups -OCH3 is 1. The maximum Gasteiger partial charge on any atom is 0.350 e. The van der Waals surface area contributed by atoms with Crippen molar-refractivity contribution in [2.75, 3.05) is 18.2 Å². The van der Waals surface area contributed by atoms with E-state index in [1.807, 2.05) is 19.9 Å². The Kier molecular flexibility index (Phi) is 4.28. The first kappa shape index (κ1) is 15.1. The largest absolute Gasteiger partial charge is 0.465 e. The van der Waals surface area contributed by atoms with Crippen LogP contribution in [0.2, 0.25) is 0 Å². The van der Waals surface area contributed by atoms with Crippen LogP contribution in [0.25, 0.3) is 0 Å². The highest BCUT2D eigenvalue weighted by molar-refractivity contribution is 7.12. The van der Waals surface area contributed by atoms with Gasteiger partial charge >= 0.3 is 5.97 Å². The molecule has 3 N–H and O–H groups in total. The molecule has 6 heteroatoms. The van der Waals surface area contributed by atoms with Crippen molar-refractivity contribution in [2.24, 2.45) is 0 Å². The fourth-order valence-corrected chi connectivity index (χ4v) is 2.94. The smallest absolute Gasteiger partial charge is 0.350 e. The summed E-state index contributed by atoms with van der Waals surface area (Å²) in [6.07, 6.45) is 0. The van der Waals surface area contributed by atoms with Crippen LogP contribution in [-0.2, 0) is 4.74 Å². The summed E-state index contributed by atoms with van der Waals surface area (Å²) in [7, 11) is 1.31. The van der Waals surface area contributed by atoms with Crippen molar-refractivity contribution in [3.63, 3.8) is 0 Å². The van der Waals surface area contributed by atoms with Gasteiger partial charge in [-0.05, 0) is 36.4 Å². The fraction of sp³-hybridized carbons (Fsp3) is 0.200. The van der Waals surface area contributed by atoms with Crippen LogP contribution in [0.5, 0.6) is 0 Å². The Bertz CT molecular complexity index is 687. The number of nitrogens with one attached hydrogen (secondary N) is 1. The number of benzene rings is 1. The summed E-state index contributed by atoms with van der Waals surface area (Å²) in [6.45, 7) is 3.63. The number of carbonyl (C=O) groups is 2. The zero-order chi connectivity index (χ0) is 15.6. The van der Waals surface area contributed by atoms with Gasteiger partial charge in [0.25, 0.3) is 5.91 Å². The van der Waals surface area contributed by atoms with Crippen molar-refractivity contribution in [1.82, 2.24) is 0 Å². The molecule has 0 saturated heterocycles. The third-order valence-corrected chi connectivity index (χ3v) is 4.19. The Labute approximate surface area is 126 Å². The molecule has 1 aromatic carbocycles. The summed E-state index contributed by atoms with van der Waals surface area (Å²) in [5, 5.41) is 4.56. The summed E-state index contributed by atoms with van der Waals surface area (Å²) in [5.74, 6) is -0.807. The molecule has 1 heterocycles. The molecule has 0 bridgehead atoms. The first-order valence-electron chi connectivity index (χ1n) is 6.28. The lowest BCUT2D eigenvalue weighted by molar-refractivity contribution is 0.0607. The number of rotatable bonds is 3. The van der Waals surface area contributed by atoms with Gasteiger partial charge in [0.2, 0.25) is 0 Å². The highest BCUT2D eigenvalue weighted by atomic mass is 32.1. The second-order valence-electron chi connectivity index (χ2n) is 4.61. The van der Waals surface area contributed by atoms with Gasteiger partial charge in [0.15, 0.2) is 0 Å². The molecule has 2 rings (SSSR count). The quantitative estimate of drug-likeness (QED) is 0.674. The molecule has 1 aromatic heterocycles. The van der Waals surface area contributed by atoms with Crippen molar-refractivity contribution < 1.29 is 14.3 Å². The lowest BCUT2D eigenvalue weighted by atomic mass is 10.1. The summed E-state index contributed by atoms with van der Waals surface area (Å²) in [6, 6.07) is 5.27. The van der Waals surface area contributed by atoms with Crippen molar-refractivity contribution in [3.8, 4) is 0 Å². The monoisotopic (exact) mass is 304 g/mol. The van der Waals surface area contributed by atoms with E-state index in [2.05, 4.69) is 5.32 Å². The molecule has 5 nitrogen and oxygen atoms in total. The number of carbonyl (C=O) groups excluding carboxylic acids is 2. The molecule has 0 aliphatic carbocycles. The van der Waals surface area contributed by atoms with Crippen molar-refractivity contribution in [1.29, 1.82) is 0 Å². The van der Waals surface area contributed by atoms with Crippen LogP contribution in [0.4, 0.5) is 11.4 Å². The lowest BCUT2D eigenvalue weighted by Gasteiger charge is -2.11. The highest BCUT2D eigenvalue weighted by Gasteiger charge is 2.20. The van der Waals surface area contributed by atoms with Gasteiger partial charge in [-0.1, -0.05) is 12.1 Å². The third-order valence-electron chi connectivity index (χ3n) is 3.12. The van der Waals surface area contributed by atoms with Crippen molar-refractivity contribution in [3.05, 3.63) is 45.1 Å². The normalized spacial score (nSPS) is 10.2. The van der Waals surface area contributed by atoms with E-state index >= 15 is 0 Å². The number of esters is 1. The first-order chi connectivity index (χ1) is 9.95. The van der Waals surface area contributed by atoms with Crippen LogP contribution in [0.3, 0.4) is 0 Å². The molecule has 0 spiro atoms. The number of hydrogen-bond donors (Lipinski definition) is 2. The topological polar surface area (TPSA) is 81.4 Å². The number of hydrogen-bond acceptors (Lipinski definition) is 5. The number of nitrogen functional groups attached to an aromatic ring is 1. The molecule has 0 atom stereocenters. The number of aryl methyl sites for hydroxylation is 2. The molecule has 2 aromatic rings. The first-order valence-corrected chi connectivity index (χ1v) is 7.16. The van der Waals surface area contributed by atoms with E-state index in [1.165, 1.54) is 18.4 Å². The summed E-state index contributed by atoms with van der Waals surface area (Å²) < 4.78 is 4.72. The zero-order valence-corrected chi connectivity index (χ0v) is 12.8. The van der Waals surface area contributed by atoms with E-state index in [4.69, 9.17) is 10.5 Å². The number of anilines is 2. The average Bonchev–Trinajstić information content (AvgIpc) is 2.79. The SMILES string of the molecule is COC(=O)c1scc(C)c1NC(=O)c1c(C)cccc1N. The molecule has 0 fully saturated rings. The molecule has 0 radical (unpaired) electrons. The maximum atomic E-state index is 12.4. The standard InChI is InChI=1S/C15H16N2O3S/c1-8-5-4-6-10(16)11(8)14(18)17-12-9(2)7-21-13(12)15(19)20-3/h4-7H,16H2,1-3H3,(H,17,18). The number of nitrogens with two attached hydrogens (primary N) is 1. The third kappa shape index (κ3) is 2.90. The van der Waals surface area contributed by atoms with Gasteiger partial charge < -0.3 is 15.8 Å². The van der Waals surface area contributed by atoms with Crippen LogP contribution in [0, 0.1) is 13.8 Å². The predicted octanol–water partition coefficient (Wildman–Crippen LogP) is 2.99. The van der Waals surface area contributed by atoms with E-state index in [1.54, 1.807) is 17.5 Å². The molecule has 21 heavy (non-hydrogen) atoms. The Morgan fingerprint density at radius 2 is 1.95 bits per heavy atom. The number of ether oxygens (including phenoxy) is 1. The summed E-state index contributed by atoms with van der Waals surface area (Å²) >= 11 is 1.23. The maximum absolute atomic E-state index is 12.4. The van der Waals surface area contributed by atoms with E-state index in [9.17, 15) is 9.59 Å². The van der Waals surface area contributed by atoms with Crippen LogP contribution in [0.1, 0.15) is 31.2 Å². The fourth-order valence-electron chi connectivity index (χ4n) is 2.02. The van der Waals surface area contributed by atoms with Gasteiger partial charge in [-0.3, -0.25) is 4.79 Å². The molecule has 0 aliphatic heterocycles. The van der Waals surface area contributed by atoms with Gasteiger partial charge in [0, 0.05) is 5.69 Å². The Balaban J connectivity index is 2.37. The summed E-state index contributed by atoms with van der Waals surface area (Å²) in [5.41, 5.74) is 8.74. The second-order valence-corrected chi connectivity index (χ2v) is 5.49. The Morgan fingerprint density at radius 3 is 2.57 bits per heavy atom.